The van der Waals surface area contributed by atoms with E-state index in [2.05, 4.69) is 15.9 Å². The highest BCUT2D eigenvalue weighted by molar-refractivity contribution is 9.11. The molecule has 1 N–H and O–H groups in total. The van der Waals surface area contributed by atoms with Gasteiger partial charge in [0.2, 0.25) is 0 Å². The molecule has 0 spiro atoms. The summed E-state index contributed by atoms with van der Waals surface area (Å²) in [7, 11) is -3.14. The number of sulfone groups is 1. The summed E-state index contributed by atoms with van der Waals surface area (Å²) in [6.45, 7) is 1.42. The molecule has 0 heterocycles. The van der Waals surface area contributed by atoms with Crippen molar-refractivity contribution in [1.82, 2.24) is 0 Å². The molecule has 0 amide bonds. The first-order valence-electron chi connectivity index (χ1n) is 2.36. The zero-order valence-electron chi connectivity index (χ0n) is 5.20. The molecule has 0 fully saturated rings. The van der Waals surface area contributed by atoms with Crippen molar-refractivity contribution in [2.75, 3.05) is 6.26 Å². The molecule has 0 saturated carbocycles. The topological polar surface area (TPSA) is 54.4 Å². The van der Waals surface area contributed by atoms with Gasteiger partial charge in [0.05, 0.1) is 6.10 Å². The van der Waals surface area contributed by atoms with Crippen LogP contribution in [0.3, 0.4) is 0 Å². The molecule has 0 aromatic heterocycles. The van der Waals surface area contributed by atoms with Crippen molar-refractivity contribution in [3.8, 4) is 0 Å². The van der Waals surface area contributed by atoms with E-state index in [-0.39, 0.29) is 0 Å². The summed E-state index contributed by atoms with van der Waals surface area (Å²) < 4.78 is 20.3. The summed E-state index contributed by atoms with van der Waals surface area (Å²) in [5, 5.41) is 8.73. The van der Waals surface area contributed by atoms with Crippen LogP contribution in [0.5, 0.6) is 0 Å². The Hall–Kier alpha value is 0.390. The minimum atomic E-state index is -3.14. The van der Waals surface area contributed by atoms with E-state index in [1.54, 1.807) is 0 Å². The van der Waals surface area contributed by atoms with Crippen LogP contribution in [0.4, 0.5) is 0 Å². The van der Waals surface area contributed by atoms with Crippen LogP contribution in [0.2, 0.25) is 0 Å². The molecule has 0 unspecified atom stereocenters. The van der Waals surface area contributed by atoms with Gasteiger partial charge in [-0.3, -0.25) is 0 Å². The lowest BCUT2D eigenvalue weighted by Crippen LogP contribution is -2.24. The van der Waals surface area contributed by atoms with Crippen molar-refractivity contribution in [1.29, 1.82) is 0 Å². The highest BCUT2D eigenvalue weighted by atomic mass is 79.9. The second-order valence-corrected chi connectivity index (χ2v) is 5.68. The predicted octanol–water partition coefficient (Wildman–Crippen LogP) is 0.133. The van der Waals surface area contributed by atoms with E-state index in [4.69, 9.17) is 5.11 Å². The van der Waals surface area contributed by atoms with Gasteiger partial charge in [-0.15, -0.1) is 0 Å². The van der Waals surface area contributed by atoms with Crippen molar-refractivity contribution >= 4 is 25.8 Å². The maximum atomic E-state index is 10.6. The van der Waals surface area contributed by atoms with E-state index in [0.717, 1.165) is 6.26 Å². The second-order valence-electron chi connectivity index (χ2n) is 1.92. The summed E-state index contributed by atoms with van der Waals surface area (Å²) in [5.74, 6) is 0. The van der Waals surface area contributed by atoms with Gasteiger partial charge in [-0.2, -0.15) is 0 Å². The Labute approximate surface area is 63.1 Å². The molecule has 9 heavy (non-hydrogen) atoms. The van der Waals surface area contributed by atoms with Crippen molar-refractivity contribution in [3.05, 3.63) is 0 Å². The highest BCUT2D eigenvalue weighted by Gasteiger charge is 2.21. The lowest BCUT2D eigenvalue weighted by atomic mass is 10.5. The summed E-state index contributed by atoms with van der Waals surface area (Å²) in [6.07, 6.45) is 0.207. The van der Waals surface area contributed by atoms with Gasteiger partial charge in [0, 0.05) is 6.26 Å². The van der Waals surface area contributed by atoms with Gasteiger partial charge in [0.1, 0.15) is 4.16 Å². The normalized spacial score (nSPS) is 19.1. The Morgan fingerprint density at radius 2 is 1.89 bits per heavy atom. The van der Waals surface area contributed by atoms with Crippen LogP contribution in [-0.2, 0) is 9.84 Å². The summed E-state index contributed by atoms with van der Waals surface area (Å²) in [4.78, 5) is 0. The predicted molar refractivity (Wildman–Crippen MR) is 39.2 cm³/mol. The zero-order chi connectivity index (χ0) is 7.65. The first kappa shape index (κ1) is 9.39. The molecule has 0 aliphatic carbocycles. The second kappa shape index (κ2) is 2.98. The van der Waals surface area contributed by atoms with Crippen molar-refractivity contribution in [3.63, 3.8) is 0 Å². The molecule has 56 valence electrons. The molecular formula is C4H9BrO3S. The number of rotatable bonds is 2. The average Bonchev–Trinajstić information content (AvgIpc) is 1.62. The fourth-order valence-corrected chi connectivity index (χ4v) is 1.07. The molecule has 5 heteroatoms. The maximum Gasteiger partial charge on any atom is 0.162 e. The molecule has 0 saturated heterocycles. The standard InChI is InChI=1S/C4H9BrO3S/c1-3(6)4(5)9(2,7)8/h3-4,6H,1-2H3/t3-,4-/m1/s1. The third-order valence-electron chi connectivity index (χ3n) is 0.788. The monoisotopic (exact) mass is 216 g/mol. The molecule has 0 rings (SSSR count). The van der Waals surface area contributed by atoms with Crippen molar-refractivity contribution < 1.29 is 13.5 Å². The van der Waals surface area contributed by atoms with Crippen LogP contribution in [0, 0.1) is 0 Å². The van der Waals surface area contributed by atoms with Crippen LogP contribution in [0.15, 0.2) is 0 Å². The van der Waals surface area contributed by atoms with E-state index in [9.17, 15) is 8.42 Å². The minimum Gasteiger partial charge on any atom is -0.391 e. The number of hydrogen-bond donors (Lipinski definition) is 1. The largest absolute Gasteiger partial charge is 0.391 e. The fourth-order valence-electron chi connectivity index (χ4n) is 0.358. The van der Waals surface area contributed by atoms with Crippen molar-refractivity contribution in [2.24, 2.45) is 0 Å². The van der Waals surface area contributed by atoms with E-state index >= 15 is 0 Å². The molecular weight excluding hydrogens is 208 g/mol. The Bertz CT molecular complexity index is 172. The smallest absolute Gasteiger partial charge is 0.162 e. The van der Waals surface area contributed by atoms with E-state index in [1.165, 1.54) is 6.92 Å². The number of halogens is 1. The Morgan fingerprint density at radius 3 is 1.89 bits per heavy atom. The third kappa shape index (κ3) is 3.17. The molecule has 0 aromatic rings. The summed E-state index contributed by atoms with van der Waals surface area (Å²) in [6, 6.07) is 0. The molecule has 0 bridgehead atoms. The molecule has 0 aliphatic rings. The van der Waals surface area contributed by atoms with Gasteiger partial charge < -0.3 is 5.11 Å². The third-order valence-corrected chi connectivity index (χ3v) is 4.80. The first-order chi connectivity index (χ1) is 3.85. The van der Waals surface area contributed by atoms with E-state index < -0.39 is 20.1 Å². The van der Waals surface area contributed by atoms with Crippen LogP contribution in [-0.4, -0.2) is 30.0 Å². The van der Waals surface area contributed by atoms with Gasteiger partial charge in [-0.25, -0.2) is 8.42 Å². The lowest BCUT2D eigenvalue weighted by Gasteiger charge is -2.08. The Balaban J connectivity index is 4.24. The molecule has 3 nitrogen and oxygen atoms in total. The molecule has 0 radical (unpaired) electrons. The van der Waals surface area contributed by atoms with Gasteiger partial charge >= 0.3 is 0 Å². The number of alkyl halides is 1. The Morgan fingerprint density at radius 1 is 1.56 bits per heavy atom. The van der Waals surface area contributed by atoms with Gasteiger partial charge in [-0.05, 0) is 6.92 Å². The first-order valence-corrected chi connectivity index (χ1v) is 5.23. The Kier molecular flexibility index (Phi) is 3.11. The summed E-state index contributed by atoms with van der Waals surface area (Å²) in [5.41, 5.74) is 0. The fraction of sp³-hybridized carbons (Fsp3) is 1.00. The SMILES string of the molecule is C[C@@H](O)[C@H](Br)S(C)(=O)=O. The number of aliphatic hydroxyl groups excluding tert-OH is 1. The quantitative estimate of drug-likeness (QED) is 0.669. The average molecular weight is 217 g/mol. The lowest BCUT2D eigenvalue weighted by molar-refractivity contribution is 0.212. The summed E-state index contributed by atoms with van der Waals surface area (Å²) >= 11 is 2.82. The molecule has 0 aliphatic heterocycles. The zero-order valence-corrected chi connectivity index (χ0v) is 7.61. The minimum absolute atomic E-state index is 0.843. The van der Waals surface area contributed by atoms with Gasteiger partial charge in [0.15, 0.2) is 9.84 Å². The number of hydrogen-bond acceptors (Lipinski definition) is 3. The number of aliphatic hydroxyl groups is 1. The van der Waals surface area contributed by atoms with Crippen LogP contribution in [0.1, 0.15) is 6.92 Å². The van der Waals surface area contributed by atoms with Crippen molar-refractivity contribution in [2.45, 2.75) is 17.2 Å². The van der Waals surface area contributed by atoms with Crippen LogP contribution in [0.25, 0.3) is 0 Å². The molecule has 0 aromatic carbocycles. The molecule has 2 atom stereocenters. The van der Waals surface area contributed by atoms with Gasteiger partial charge in [-0.1, -0.05) is 15.9 Å². The van der Waals surface area contributed by atoms with Gasteiger partial charge in [0.25, 0.3) is 0 Å². The highest BCUT2D eigenvalue weighted by Crippen LogP contribution is 2.11. The maximum absolute atomic E-state index is 10.6. The van der Waals surface area contributed by atoms with Crippen LogP contribution < -0.4 is 0 Å². The van der Waals surface area contributed by atoms with Crippen LogP contribution >= 0.6 is 15.9 Å². The van der Waals surface area contributed by atoms with E-state index in [1.807, 2.05) is 0 Å². The van der Waals surface area contributed by atoms with E-state index in [0.29, 0.717) is 0 Å².